The first kappa shape index (κ1) is 34.0. The van der Waals surface area contributed by atoms with Crippen molar-refractivity contribution in [3.63, 3.8) is 0 Å². The number of nitrogens with zero attached hydrogens (tertiary/aromatic N) is 2. The lowest BCUT2D eigenvalue weighted by molar-refractivity contribution is -0.252. The van der Waals surface area contributed by atoms with Crippen LogP contribution in [0.25, 0.3) is 0 Å². The second-order valence-electron chi connectivity index (χ2n) is 11.8. The Morgan fingerprint density at radius 3 is 1.89 bits per heavy atom. The minimum Gasteiger partial charge on any atom is -0.497 e. The molecule has 0 unspecified atom stereocenters. The fourth-order valence-electron chi connectivity index (χ4n) is 4.87. The van der Waals surface area contributed by atoms with Crippen LogP contribution in [0.1, 0.15) is 52.2 Å². The molecule has 0 bridgehead atoms. The predicted octanol–water partition coefficient (Wildman–Crippen LogP) is 6.67. The maximum absolute atomic E-state index is 15.2. The van der Waals surface area contributed by atoms with Crippen molar-refractivity contribution >= 4 is 23.0 Å². The summed E-state index contributed by atoms with van der Waals surface area (Å²) in [5, 5.41) is 0.336. The summed E-state index contributed by atoms with van der Waals surface area (Å²) in [4.78, 5) is 19.4. The minimum atomic E-state index is -3.27. The number of halogens is 2. The normalized spacial score (nSPS) is 23.5. The van der Waals surface area contributed by atoms with Gasteiger partial charge in [-0.2, -0.15) is 0 Å². The summed E-state index contributed by atoms with van der Waals surface area (Å²) in [6, 6.07) is 13.7. The number of hydrogen-bond acceptors (Lipinski definition) is 9. The van der Waals surface area contributed by atoms with Crippen LogP contribution >= 0.6 is 11.8 Å². The van der Waals surface area contributed by atoms with E-state index >= 15 is 8.78 Å². The number of rotatable bonds is 11. The van der Waals surface area contributed by atoms with Crippen LogP contribution in [0.4, 0.5) is 13.6 Å². The summed E-state index contributed by atoms with van der Waals surface area (Å²) in [5.74, 6) is -1.91. The predicted molar refractivity (Wildman–Crippen MR) is 164 cm³/mol. The Morgan fingerprint density at radius 1 is 0.909 bits per heavy atom. The van der Waals surface area contributed by atoms with Crippen LogP contribution < -0.4 is 9.47 Å². The maximum atomic E-state index is 15.2. The molecule has 9 nitrogen and oxygen atoms in total. The summed E-state index contributed by atoms with van der Waals surface area (Å²) in [5.41, 5.74) is 0.0303. The fraction of sp³-hybridized carbons (Fsp3) is 0.562. The molecule has 1 amide bonds. The van der Waals surface area contributed by atoms with Gasteiger partial charge in [-0.15, -0.1) is 0 Å². The van der Waals surface area contributed by atoms with Gasteiger partial charge in [-0.1, -0.05) is 43.0 Å². The second kappa shape index (κ2) is 14.4. The number of ether oxygens (including phenoxy) is 6. The first-order chi connectivity index (χ1) is 20.8. The van der Waals surface area contributed by atoms with E-state index in [4.69, 9.17) is 33.4 Å². The van der Waals surface area contributed by atoms with Crippen molar-refractivity contribution in [1.82, 2.24) is 4.90 Å². The van der Waals surface area contributed by atoms with Crippen molar-refractivity contribution < 1.29 is 42.0 Å². The first-order valence-corrected chi connectivity index (χ1v) is 15.5. The third kappa shape index (κ3) is 8.62. The molecule has 0 saturated carbocycles. The summed E-state index contributed by atoms with van der Waals surface area (Å²) < 4.78 is 65.2. The van der Waals surface area contributed by atoms with E-state index in [0.29, 0.717) is 29.6 Å². The zero-order valence-electron chi connectivity index (χ0n) is 26.3. The van der Waals surface area contributed by atoms with Gasteiger partial charge in [-0.3, -0.25) is 9.89 Å². The smallest absolute Gasteiger partial charge is 0.416 e. The largest absolute Gasteiger partial charge is 0.497 e. The van der Waals surface area contributed by atoms with Crippen LogP contribution in [0.15, 0.2) is 53.5 Å². The number of methoxy groups -OCH3 is 2. The lowest BCUT2D eigenvalue weighted by Crippen LogP contribution is -2.61. The molecule has 1 saturated heterocycles. The maximum Gasteiger partial charge on any atom is 0.416 e. The highest BCUT2D eigenvalue weighted by Crippen LogP contribution is 2.44. The van der Waals surface area contributed by atoms with Gasteiger partial charge in [0.15, 0.2) is 11.3 Å². The van der Waals surface area contributed by atoms with E-state index in [-0.39, 0.29) is 13.2 Å². The van der Waals surface area contributed by atoms with Gasteiger partial charge in [0.25, 0.3) is 5.92 Å². The zero-order chi connectivity index (χ0) is 32.1. The van der Waals surface area contributed by atoms with Crippen LogP contribution in [0.5, 0.6) is 11.5 Å². The summed E-state index contributed by atoms with van der Waals surface area (Å²) >= 11 is 1.12. The second-order valence-corrected chi connectivity index (χ2v) is 12.8. The summed E-state index contributed by atoms with van der Waals surface area (Å²) in [6.45, 7) is 8.57. The fourth-order valence-corrected chi connectivity index (χ4v) is 6.08. The molecule has 4 rings (SSSR count). The molecular weight excluding hydrogens is 594 g/mol. The van der Waals surface area contributed by atoms with Crippen molar-refractivity contribution in [3.8, 4) is 11.5 Å². The number of carbonyl (C=O) groups excluding carboxylic acids is 1. The highest BCUT2D eigenvalue weighted by Gasteiger charge is 2.57. The number of fused-ring (bicyclic) bond motifs is 1. The molecule has 2 heterocycles. The molecular formula is C32H42F2N2O7S. The molecule has 1 fully saturated rings. The van der Waals surface area contributed by atoms with E-state index in [9.17, 15) is 4.79 Å². The number of benzene rings is 2. The third-order valence-corrected chi connectivity index (χ3v) is 8.15. The van der Waals surface area contributed by atoms with Gasteiger partial charge in [0.05, 0.1) is 27.4 Å². The molecule has 12 heteroatoms. The Labute approximate surface area is 262 Å². The van der Waals surface area contributed by atoms with Gasteiger partial charge in [-0.05, 0) is 62.6 Å². The summed E-state index contributed by atoms with van der Waals surface area (Å²) in [7, 11) is 3.15. The lowest BCUT2D eigenvalue weighted by atomic mass is 9.94. The molecule has 44 heavy (non-hydrogen) atoms. The van der Waals surface area contributed by atoms with Crippen molar-refractivity contribution in [2.24, 2.45) is 4.99 Å². The standard InChI is InChI=1S/C32H42F2N2O7S/c1-8-17-36(30(37)43-31(2,3)4)29-35-24-25(40-18-20-9-13-22(38-6)14-10-20)26(27(32(5,33)34)42-28(24)44-29)41-19-21-11-15-23(39-7)16-12-21/h9-16,24-28H,8,17-19H2,1-7H3/t24-,25-,26+,27+,28-/m1/s1. The van der Waals surface area contributed by atoms with E-state index in [1.807, 2.05) is 31.2 Å². The molecule has 0 spiro atoms. The van der Waals surface area contributed by atoms with Crippen molar-refractivity contribution in [2.45, 2.75) is 95.6 Å². The Bertz CT molecular complexity index is 1270. The van der Waals surface area contributed by atoms with Gasteiger partial charge in [-0.25, -0.2) is 13.6 Å². The topological polar surface area (TPSA) is 88.1 Å². The van der Waals surface area contributed by atoms with E-state index in [1.54, 1.807) is 59.3 Å². The molecule has 5 atom stereocenters. The number of alkyl halides is 2. The Hall–Kier alpha value is -2.93. The van der Waals surface area contributed by atoms with Crippen LogP contribution in [0.3, 0.4) is 0 Å². The average molecular weight is 637 g/mol. The minimum absolute atomic E-state index is 0.0357. The Morgan fingerprint density at radius 2 is 1.43 bits per heavy atom. The zero-order valence-corrected chi connectivity index (χ0v) is 27.1. The molecule has 2 aromatic rings. The van der Waals surface area contributed by atoms with E-state index < -0.39 is 47.4 Å². The van der Waals surface area contributed by atoms with Crippen LogP contribution in [0, 0.1) is 0 Å². The first-order valence-electron chi connectivity index (χ1n) is 14.6. The van der Waals surface area contributed by atoms with E-state index in [0.717, 1.165) is 29.8 Å². The molecule has 2 aliphatic rings. The molecule has 0 N–H and O–H groups in total. The van der Waals surface area contributed by atoms with Crippen molar-refractivity contribution in [1.29, 1.82) is 0 Å². The SMILES string of the molecule is CCCN(C(=O)OC(C)(C)C)C1=N[C@@H]2[C@@H](OCc3ccc(OC)cc3)[C@H](OCc3ccc(OC)cc3)[C@@H](C(C)(F)F)O[C@@H]2S1. The Kier molecular flexibility index (Phi) is 11.1. The van der Waals surface area contributed by atoms with Crippen LogP contribution in [-0.4, -0.2) is 78.2 Å². The highest BCUT2D eigenvalue weighted by molar-refractivity contribution is 8.14. The molecule has 0 aromatic heterocycles. The quantitative estimate of drug-likeness (QED) is 0.270. The monoisotopic (exact) mass is 636 g/mol. The number of thioether (sulfide) groups is 1. The van der Waals surface area contributed by atoms with Crippen LogP contribution in [0.2, 0.25) is 0 Å². The number of carbonyl (C=O) groups is 1. The average Bonchev–Trinajstić information content (AvgIpc) is 3.40. The van der Waals surface area contributed by atoms with E-state index in [1.165, 1.54) is 4.90 Å². The molecule has 0 aliphatic carbocycles. The molecule has 242 valence electrons. The summed E-state index contributed by atoms with van der Waals surface area (Å²) in [6.07, 6.45) is -3.66. The highest BCUT2D eigenvalue weighted by atomic mass is 32.2. The Balaban J connectivity index is 1.66. The molecule has 2 aromatic carbocycles. The molecule has 2 aliphatic heterocycles. The number of amides is 1. The van der Waals surface area contributed by atoms with Crippen LogP contribution in [-0.2, 0) is 32.2 Å². The lowest BCUT2D eigenvalue weighted by Gasteiger charge is -2.44. The van der Waals surface area contributed by atoms with Gasteiger partial charge in [0.1, 0.15) is 40.8 Å². The van der Waals surface area contributed by atoms with Gasteiger partial charge < -0.3 is 28.4 Å². The third-order valence-electron chi connectivity index (χ3n) is 6.99. The number of amidine groups is 1. The van der Waals surface area contributed by atoms with Crippen molar-refractivity contribution in [3.05, 3.63) is 59.7 Å². The number of aliphatic imine (C=N–C) groups is 1. The van der Waals surface area contributed by atoms with E-state index in [2.05, 4.69) is 0 Å². The number of hydrogen-bond donors (Lipinski definition) is 0. The van der Waals surface area contributed by atoms with Gasteiger partial charge >= 0.3 is 6.09 Å². The van der Waals surface area contributed by atoms with Gasteiger partial charge in [0, 0.05) is 13.5 Å². The van der Waals surface area contributed by atoms with Crippen molar-refractivity contribution in [2.75, 3.05) is 20.8 Å². The molecule has 0 radical (unpaired) electrons. The van der Waals surface area contributed by atoms with Gasteiger partial charge in [0.2, 0.25) is 0 Å².